The van der Waals surface area contributed by atoms with Crippen LogP contribution in [-0.4, -0.2) is 32.7 Å². The molecule has 6 nitrogen and oxygen atoms in total. The van der Waals surface area contributed by atoms with Crippen LogP contribution in [0.5, 0.6) is 0 Å². The molecule has 1 aromatic rings. The third kappa shape index (κ3) is 6.48. The van der Waals surface area contributed by atoms with Gasteiger partial charge in [-0.05, 0) is 24.1 Å². The van der Waals surface area contributed by atoms with Crippen LogP contribution in [0.3, 0.4) is 0 Å². The summed E-state index contributed by atoms with van der Waals surface area (Å²) < 4.78 is 39.1. The van der Waals surface area contributed by atoms with Crippen molar-refractivity contribution in [1.29, 1.82) is 0 Å². The molecule has 0 fully saturated rings. The van der Waals surface area contributed by atoms with E-state index in [4.69, 9.17) is 0 Å². The van der Waals surface area contributed by atoms with Gasteiger partial charge in [0.1, 0.15) is 0 Å². The molecule has 0 radical (unpaired) electrons. The maximum atomic E-state index is 11.1. The van der Waals surface area contributed by atoms with E-state index in [0.29, 0.717) is 5.56 Å². The maximum absolute atomic E-state index is 11.1. The summed E-state index contributed by atoms with van der Waals surface area (Å²) in [7, 11) is -3.36. The van der Waals surface area contributed by atoms with E-state index in [1.807, 2.05) is 0 Å². The van der Waals surface area contributed by atoms with Crippen LogP contribution in [0, 0.1) is 0 Å². The van der Waals surface area contributed by atoms with Crippen LogP contribution in [0.2, 0.25) is 0 Å². The molecule has 0 unspecified atom stereocenters. The number of benzene rings is 1. The summed E-state index contributed by atoms with van der Waals surface area (Å²) in [5.74, 6) is -0.449. The van der Waals surface area contributed by atoms with Crippen molar-refractivity contribution in [3.8, 4) is 0 Å². The Morgan fingerprint density at radius 3 is 2.28 bits per heavy atom. The Morgan fingerprint density at radius 2 is 1.83 bits per heavy atom. The average Bonchev–Trinajstić information content (AvgIpc) is 2.27. The average molecular weight is 282 g/mol. The predicted octanol–water partition coefficient (Wildman–Crippen LogP) is -2.50. The number of rotatable bonds is 5. The van der Waals surface area contributed by atoms with Gasteiger partial charge in [-0.3, -0.25) is 4.18 Å². The van der Waals surface area contributed by atoms with Gasteiger partial charge in [0.05, 0.1) is 19.3 Å². The van der Waals surface area contributed by atoms with Crippen LogP contribution in [-0.2, 0) is 25.7 Å². The second-order valence-electron chi connectivity index (χ2n) is 3.17. The second kappa shape index (κ2) is 7.88. The Morgan fingerprint density at radius 1 is 1.28 bits per heavy atom. The predicted molar refractivity (Wildman–Crippen MR) is 57.1 cm³/mol. The first-order chi connectivity index (χ1) is 7.92. The Labute approximate surface area is 128 Å². The molecular formula is C10H11NaO6S. The van der Waals surface area contributed by atoms with Gasteiger partial charge in [0.15, 0.2) is 0 Å². The SMILES string of the molecule is COC(=O)c1ccc(CCOS(=O)(=O)[O-])cc1.[Na+]. The number of carbonyl (C=O) groups excluding carboxylic acids is 1. The van der Waals surface area contributed by atoms with Crippen LogP contribution in [0.4, 0.5) is 0 Å². The van der Waals surface area contributed by atoms with Crippen molar-refractivity contribution in [3.05, 3.63) is 35.4 Å². The zero-order chi connectivity index (χ0) is 12.9. The first-order valence-electron chi connectivity index (χ1n) is 4.70. The monoisotopic (exact) mass is 282 g/mol. The minimum absolute atomic E-state index is 0. The zero-order valence-corrected chi connectivity index (χ0v) is 12.9. The van der Waals surface area contributed by atoms with E-state index < -0.39 is 16.4 Å². The van der Waals surface area contributed by atoms with E-state index in [2.05, 4.69) is 8.92 Å². The number of esters is 1. The van der Waals surface area contributed by atoms with E-state index >= 15 is 0 Å². The van der Waals surface area contributed by atoms with Crippen molar-refractivity contribution in [2.45, 2.75) is 6.42 Å². The minimum atomic E-state index is -4.64. The molecule has 0 saturated heterocycles. The Bertz CT molecular complexity index is 482. The number of ether oxygens (including phenoxy) is 1. The van der Waals surface area contributed by atoms with Crippen LogP contribution >= 0.6 is 0 Å². The van der Waals surface area contributed by atoms with Gasteiger partial charge < -0.3 is 9.29 Å². The van der Waals surface area contributed by atoms with Crippen molar-refractivity contribution in [1.82, 2.24) is 0 Å². The summed E-state index contributed by atoms with van der Waals surface area (Å²) in [4.78, 5) is 11.1. The van der Waals surface area contributed by atoms with Crippen LogP contribution in [0.1, 0.15) is 15.9 Å². The molecule has 0 aromatic heterocycles. The molecule has 0 N–H and O–H groups in total. The quantitative estimate of drug-likeness (QED) is 0.256. The number of hydrogen-bond donors (Lipinski definition) is 0. The van der Waals surface area contributed by atoms with Crippen LogP contribution < -0.4 is 29.6 Å². The molecule has 94 valence electrons. The van der Waals surface area contributed by atoms with Crippen LogP contribution in [0.25, 0.3) is 0 Å². The zero-order valence-electron chi connectivity index (χ0n) is 10.1. The third-order valence-corrected chi connectivity index (χ3v) is 2.45. The summed E-state index contributed by atoms with van der Waals surface area (Å²) in [6, 6.07) is 6.36. The number of methoxy groups -OCH3 is 1. The largest absolute Gasteiger partial charge is 1.00 e. The molecule has 0 bridgehead atoms. The molecular weight excluding hydrogens is 271 g/mol. The molecule has 0 spiro atoms. The molecule has 0 saturated carbocycles. The van der Waals surface area contributed by atoms with Gasteiger partial charge in [0.2, 0.25) is 10.4 Å². The Hall–Kier alpha value is -0.440. The molecule has 0 aliphatic heterocycles. The van der Waals surface area contributed by atoms with Crippen LogP contribution in [0.15, 0.2) is 24.3 Å². The summed E-state index contributed by atoms with van der Waals surface area (Å²) >= 11 is 0. The number of carbonyl (C=O) groups is 1. The first kappa shape index (κ1) is 17.6. The van der Waals surface area contributed by atoms with E-state index in [9.17, 15) is 17.8 Å². The standard InChI is InChI=1S/C10H12O6S.Na/c1-15-10(11)9-4-2-8(3-5-9)6-7-16-17(12,13)14;/h2-5H,6-7H2,1H3,(H,12,13,14);/q;+1/p-1. The van der Waals surface area contributed by atoms with Gasteiger partial charge in [-0.15, -0.1) is 0 Å². The van der Waals surface area contributed by atoms with Crippen molar-refractivity contribution >= 4 is 16.4 Å². The summed E-state index contributed by atoms with van der Waals surface area (Å²) in [6.07, 6.45) is 0.267. The van der Waals surface area contributed by atoms with Gasteiger partial charge >= 0.3 is 35.5 Å². The summed E-state index contributed by atoms with van der Waals surface area (Å²) in [5, 5.41) is 0. The maximum Gasteiger partial charge on any atom is 1.00 e. The Balaban J connectivity index is 0.00000289. The summed E-state index contributed by atoms with van der Waals surface area (Å²) in [5.41, 5.74) is 1.15. The van der Waals surface area contributed by atoms with Gasteiger partial charge in [0, 0.05) is 0 Å². The second-order valence-corrected chi connectivity index (χ2v) is 4.22. The molecule has 8 heteroatoms. The van der Waals surface area contributed by atoms with E-state index in [1.165, 1.54) is 7.11 Å². The molecule has 0 atom stereocenters. The topological polar surface area (TPSA) is 92.7 Å². The molecule has 1 rings (SSSR count). The molecule has 0 aliphatic carbocycles. The molecule has 0 amide bonds. The smallest absolute Gasteiger partial charge is 0.726 e. The first-order valence-corrected chi connectivity index (χ1v) is 6.03. The molecule has 18 heavy (non-hydrogen) atoms. The fraction of sp³-hybridized carbons (Fsp3) is 0.300. The fourth-order valence-corrected chi connectivity index (χ4v) is 1.47. The molecule has 0 aliphatic rings. The van der Waals surface area contributed by atoms with Gasteiger partial charge in [-0.25, -0.2) is 13.2 Å². The van der Waals surface area contributed by atoms with Crippen molar-refractivity contribution in [2.24, 2.45) is 0 Å². The minimum Gasteiger partial charge on any atom is -0.726 e. The van der Waals surface area contributed by atoms with E-state index in [1.54, 1.807) is 24.3 Å². The Kier molecular flexibility index (Phi) is 7.69. The third-order valence-electron chi connectivity index (χ3n) is 1.99. The normalized spacial score (nSPS) is 10.6. The van der Waals surface area contributed by atoms with E-state index in [-0.39, 0.29) is 42.6 Å². The fourth-order valence-electron chi connectivity index (χ4n) is 1.19. The molecule has 0 heterocycles. The van der Waals surface area contributed by atoms with Crippen molar-refractivity contribution in [2.75, 3.05) is 13.7 Å². The molecule has 1 aromatic carbocycles. The van der Waals surface area contributed by atoms with Gasteiger partial charge in [-0.1, -0.05) is 12.1 Å². The van der Waals surface area contributed by atoms with E-state index in [0.717, 1.165) is 5.56 Å². The van der Waals surface area contributed by atoms with Gasteiger partial charge in [-0.2, -0.15) is 0 Å². The number of hydrogen-bond acceptors (Lipinski definition) is 6. The van der Waals surface area contributed by atoms with Crippen molar-refractivity contribution in [3.63, 3.8) is 0 Å². The summed E-state index contributed by atoms with van der Waals surface area (Å²) in [6.45, 7) is -0.219. The van der Waals surface area contributed by atoms with Crippen molar-refractivity contribution < 1.29 is 56.2 Å². The van der Waals surface area contributed by atoms with Gasteiger partial charge in [0.25, 0.3) is 0 Å².